The van der Waals surface area contributed by atoms with Crippen molar-refractivity contribution in [3.8, 4) is 0 Å². The first kappa shape index (κ1) is 14.1. The first-order valence-electron chi connectivity index (χ1n) is 7.68. The van der Waals surface area contributed by atoms with E-state index in [2.05, 4.69) is 6.07 Å². The maximum absolute atomic E-state index is 12.5. The van der Waals surface area contributed by atoms with Gasteiger partial charge in [0.1, 0.15) is 0 Å². The first-order chi connectivity index (χ1) is 9.63. The highest BCUT2D eigenvalue weighted by atomic mass is 32.1. The minimum Gasteiger partial charge on any atom is -0.393 e. The summed E-state index contributed by atoms with van der Waals surface area (Å²) < 4.78 is 0. The number of hydrogen-bond donors (Lipinski definition) is 1. The molecule has 3 nitrogen and oxygen atoms in total. The fourth-order valence-corrected chi connectivity index (χ4v) is 4.53. The molecule has 0 atom stereocenters. The molecule has 0 bridgehead atoms. The summed E-state index contributed by atoms with van der Waals surface area (Å²) in [5.74, 6) is 0.640. The third kappa shape index (κ3) is 2.91. The maximum atomic E-state index is 12.5. The molecule has 0 aliphatic heterocycles. The monoisotopic (exact) mass is 293 g/mol. The quantitative estimate of drug-likeness (QED) is 0.871. The molecule has 4 heteroatoms. The van der Waals surface area contributed by atoms with Crippen LogP contribution in [0, 0.1) is 5.92 Å². The summed E-state index contributed by atoms with van der Waals surface area (Å²) in [4.78, 5) is 16.6. The van der Waals surface area contributed by atoms with E-state index in [1.54, 1.807) is 11.3 Å². The lowest BCUT2D eigenvalue weighted by Gasteiger charge is -2.34. The molecule has 2 aliphatic carbocycles. The zero-order valence-electron chi connectivity index (χ0n) is 12.1. The SMILES string of the molecule is CN(CC1CC(O)C1)C(=O)c1cc2c(s1)CCCCC2. The number of fused-ring (bicyclic) bond motifs is 1. The van der Waals surface area contributed by atoms with E-state index in [1.165, 1.54) is 29.7 Å². The molecule has 1 N–H and O–H groups in total. The predicted molar refractivity (Wildman–Crippen MR) is 81.3 cm³/mol. The van der Waals surface area contributed by atoms with Crippen molar-refractivity contribution in [3.63, 3.8) is 0 Å². The molecule has 1 aromatic heterocycles. The van der Waals surface area contributed by atoms with Gasteiger partial charge >= 0.3 is 0 Å². The predicted octanol–water partition coefficient (Wildman–Crippen LogP) is 2.86. The number of aliphatic hydroxyl groups is 1. The van der Waals surface area contributed by atoms with E-state index in [0.29, 0.717) is 5.92 Å². The highest BCUT2D eigenvalue weighted by molar-refractivity contribution is 7.14. The molecule has 0 saturated heterocycles. The van der Waals surface area contributed by atoms with E-state index >= 15 is 0 Å². The van der Waals surface area contributed by atoms with Crippen LogP contribution in [0.3, 0.4) is 0 Å². The van der Waals surface area contributed by atoms with Crippen LogP contribution >= 0.6 is 11.3 Å². The molecule has 0 aromatic carbocycles. The minimum absolute atomic E-state index is 0.138. The molecular weight excluding hydrogens is 270 g/mol. The second-order valence-corrected chi connectivity index (χ2v) is 7.43. The Morgan fingerprint density at radius 1 is 1.35 bits per heavy atom. The van der Waals surface area contributed by atoms with Crippen molar-refractivity contribution in [1.29, 1.82) is 0 Å². The van der Waals surface area contributed by atoms with Crippen LogP contribution < -0.4 is 0 Å². The lowest BCUT2D eigenvalue weighted by molar-refractivity contribution is 0.0266. The Morgan fingerprint density at radius 3 is 2.85 bits per heavy atom. The van der Waals surface area contributed by atoms with E-state index in [9.17, 15) is 9.90 Å². The highest BCUT2D eigenvalue weighted by Crippen LogP contribution is 2.31. The van der Waals surface area contributed by atoms with Gasteiger partial charge in [0.25, 0.3) is 5.91 Å². The zero-order valence-corrected chi connectivity index (χ0v) is 12.9. The van der Waals surface area contributed by atoms with Gasteiger partial charge < -0.3 is 10.0 Å². The van der Waals surface area contributed by atoms with Gasteiger partial charge in [0, 0.05) is 18.5 Å². The maximum Gasteiger partial charge on any atom is 0.263 e. The Hall–Kier alpha value is -0.870. The van der Waals surface area contributed by atoms with Crippen molar-refractivity contribution in [2.24, 2.45) is 5.92 Å². The summed E-state index contributed by atoms with van der Waals surface area (Å²) in [5, 5.41) is 9.32. The van der Waals surface area contributed by atoms with Crippen LogP contribution in [0.15, 0.2) is 6.07 Å². The van der Waals surface area contributed by atoms with Crippen LogP contribution in [0.1, 0.15) is 52.2 Å². The molecule has 0 radical (unpaired) electrons. The van der Waals surface area contributed by atoms with Crippen molar-refractivity contribution >= 4 is 17.2 Å². The lowest BCUT2D eigenvalue weighted by Crippen LogP contribution is -2.39. The molecule has 0 spiro atoms. The van der Waals surface area contributed by atoms with Gasteiger partial charge in [0.15, 0.2) is 0 Å². The Kier molecular flexibility index (Phi) is 4.13. The molecular formula is C16H23NO2S. The molecule has 1 heterocycles. The van der Waals surface area contributed by atoms with E-state index in [1.807, 2.05) is 11.9 Å². The van der Waals surface area contributed by atoms with Gasteiger partial charge in [-0.3, -0.25) is 4.79 Å². The van der Waals surface area contributed by atoms with Crippen LogP contribution in [0.5, 0.6) is 0 Å². The summed E-state index contributed by atoms with van der Waals surface area (Å²) >= 11 is 1.70. The molecule has 20 heavy (non-hydrogen) atoms. The van der Waals surface area contributed by atoms with Crippen LogP contribution in [-0.2, 0) is 12.8 Å². The van der Waals surface area contributed by atoms with Gasteiger partial charge in [0.2, 0.25) is 0 Å². The smallest absolute Gasteiger partial charge is 0.263 e. The van der Waals surface area contributed by atoms with E-state index < -0.39 is 0 Å². The molecule has 0 unspecified atom stereocenters. The Labute approximate surface area is 124 Å². The summed E-state index contributed by atoms with van der Waals surface area (Å²) in [6.07, 6.45) is 7.67. The Balaban J connectivity index is 1.64. The molecule has 1 fully saturated rings. The van der Waals surface area contributed by atoms with Crippen molar-refractivity contribution in [2.45, 2.75) is 51.0 Å². The number of nitrogens with zero attached hydrogens (tertiary/aromatic N) is 1. The fraction of sp³-hybridized carbons (Fsp3) is 0.688. The summed E-state index contributed by atoms with van der Waals surface area (Å²) in [7, 11) is 1.89. The molecule has 3 rings (SSSR count). The lowest BCUT2D eigenvalue weighted by atomic mass is 9.82. The molecule has 1 amide bonds. The molecule has 110 valence electrons. The highest BCUT2D eigenvalue weighted by Gasteiger charge is 2.29. The van der Waals surface area contributed by atoms with Crippen LogP contribution in [0.25, 0.3) is 0 Å². The van der Waals surface area contributed by atoms with Gasteiger partial charge in [-0.25, -0.2) is 0 Å². The fourth-order valence-electron chi connectivity index (χ4n) is 3.28. The number of aliphatic hydroxyl groups excluding tert-OH is 1. The number of thiophene rings is 1. The van der Waals surface area contributed by atoms with Crippen molar-refractivity contribution in [2.75, 3.05) is 13.6 Å². The normalized spacial score (nSPS) is 25.5. The van der Waals surface area contributed by atoms with Crippen molar-refractivity contribution in [3.05, 3.63) is 21.4 Å². The Morgan fingerprint density at radius 2 is 2.10 bits per heavy atom. The third-order valence-electron chi connectivity index (χ3n) is 4.55. The van der Waals surface area contributed by atoms with E-state index in [-0.39, 0.29) is 12.0 Å². The van der Waals surface area contributed by atoms with Crippen molar-refractivity contribution < 1.29 is 9.90 Å². The summed E-state index contributed by atoms with van der Waals surface area (Å²) in [6.45, 7) is 0.776. The topological polar surface area (TPSA) is 40.5 Å². The van der Waals surface area contributed by atoms with Crippen LogP contribution in [0.4, 0.5) is 0 Å². The van der Waals surface area contributed by atoms with Crippen LogP contribution in [0.2, 0.25) is 0 Å². The molecule has 1 aromatic rings. The number of carbonyl (C=O) groups is 1. The second-order valence-electron chi connectivity index (χ2n) is 6.30. The average molecular weight is 293 g/mol. The zero-order chi connectivity index (χ0) is 14.1. The van der Waals surface area contributed by atoms with Gasteiger partial charge in [-0.15, -0.1) is 11.3 Å². The molecule has 1 saturated carbocycles. The van der Waals surface area contributed by atoms with Crippen LogP contribution in [-0.4, -0.2) is 35.6 Å². The first-order valence-corrected chi connectivity index (χ1v) is 8.50. The number of aryl methyl sites for hydroxylation is 2. The number of rotatable bonds is 3. The summed E-state index contributed by atoms with van der Waals surface area (Å²) in [6, 6.07) is 2.12. The van der Waals surface area contributed by atoms with Gasteiger partial charge in [-0.2, -0.15) is 0 Å². The van der Waals surface area contributed by atoms with E-state index in [4.69, 9.17) is 0 Å². The van der Waals surface area contributed by atoms with E-state index in [0.717, 1.165) is 37.1 Å². The van der Waals surface area contributed by atoms with Gasteiger partial charge in [0.05, 0.1) is 11.0 Å². The number of carbonyl (C=O) groups excluding carboxylic acids is 1. The molecule has 2 aliphatic rings. The minimum atomic E-state index is -0.138. The standard InChI is InChI=1S/C16H23NO2S/c1-17(10-11-7-13(18)8-11)16(19)15-9-12-5-3-2-4-6-14(12)20-15/h9,11,13,18H,2-8,10H2,1H3. The summed E-state index contributed by atoms with van der Waals surface area (Å²) in [5.41, 5.74) is 1.41. The van der Waals surface area contributed by atoms with Gasteiger partial charge in [-0.1, -0.05) is 6.42 Å². The third-order valence-corrected chi connectivity index (χ3v) is 5.77. The van der Waals surface area contributed by atoms with Gasteiger partial charge in [-0.05, 0) is 56.1 Å². The second kappa shape index (κ2) is 5.86. The average Bonchev–Trinajstić information content (AvgIpc) is 2.67. The Bertz CT molecular complexity index is 467. The largest absolute Gasteiger partial charge is 0.393 e. The van der Waals surface area contributed by atoms with Crippen molar-refractivity contribution in [1.82, 2.24) is 4.90 Å². The number of amides is 1. The number of hydrogen-bond acceptors (Lipinski definition) is 3.